The minimum Gasteiger partial charge on any atom is -0.481 e. The molecule has 0 aromatic carbocycles. The summed E-state index contributed by atoms with van der Waals surface area (Å²) >= 11 is 0. The third kappa shape index (κ3) is 4.22. The average Bonchev–Trinajstić information content (AvgIpc) is 2.91. The van der Waals surface area contributed by atoms with E-state index < -0.39 is 5.97 Å². The maximum Gasteiger partial charge on any atom is 0.303 e. The summed E-state index contributed by atoms with van der Waals surface area (Å²) in [6, 6.07) is 0. The van der Waals surface area contributed by atoms with Gasteiger partial charge in [0.05, 0.1) is 0 Å². The Balaban J connectivity index is 1.73. The predicted octanol–water partition coefficient (Wildman–Crippen LogP) is 2.29. The second-order valence-corrected chi connectivity index (χ2v) is 6.76. The molecule has 0 radical (unpaired) electrons. The van der Waals surface area contributed by atoms with Crippen molar-refractivity contribution in [2.45, 2.75) is 46.0 Å². The van der Waals surface area contributed by atoms with Crippen LogP contribution in [0.4, 0.5) is 0 Å². The van der Waals surface area contributed by atoms with Crippen molar-refractivity contribution in [3.05, 3.63) is 0 Å². The van der Waals surface area contributed by atoms with Crippen LogP contribution in [0.15, 0.2) is 0 Å². The van der Waals surface area contributed by atoms with E-state index in [-0.39, 0.29) is 24.2 Å². The van der Waals surface area contributed by atoms with Crippen LogP contribution in [0, 0.1) is 29.6 Å². The van der Waals surface area contributed by atoms with Crippen molar-refractivity contribution in [1.29, 1.82) is 0 Å². The standard InChI is InChI=1S/C15H25NO3/c1-9(2)3-10(4-14(17)18)8-16-15(19)13-6-11-5-12(11)7-13/h9-13H,3-8H2,1-2H3,(H,16,19)(H,17,18)/t10-,11?,12?,13?/m0/s1. The number of rotatable bonds is 7. The summed E-state index contributed by atoms with van der Waals surface area (Å²) in [5.74, 6) is 1.68. The summed E-state index contributed by atoms with van der Waals surface area (Å²) in [4.78, 5) is 22.9. The smallest absolute Gasteiger partial charge is 0.303 e. The molecule has 2 fully saturated rings. The molecule has 0 heterocycles. The zero-order chi connectivity index (χ0) is 14.0. The van der Waals surface area contributed by atoms with Gasteiger partial charge in [-0.1, -0.05) is 13.8 Å². The van der Waals surface area contributed by atoms with Gasteiger partial charge in [-0.2, -0.15) is 0 Å². The normalized spacial score (nSPS) is 29.9. The van der Waals surface area contributed by atoms with Gasteiger partial charge in [0.2, 0.25) is 5.91 Å². The highest BCUT2D eigenvalue weighted by molar-refractivity contribution is 5.79. The summed E-state index contributed by atoms with van der Waals surface area (Å²) in [6.45, 7) is 4.68. The Hall–Kier alpha value is -1.06. The van der Waals surface area contributed by atoms with E-state index in [1.54, 1.807) is 0 Å². The molecule has 108 valence electrons. The zero-order valence-electron chi connectivity index (χ0n) is 11.9. The Morgan fingerprint density at radius 3 is 2.37 bits per heavy atom. The summed E-state index contributed by atoms with van der Waals surface area (Å²) in [5, 5.41) is 11.9. The summed E-state index contributed by atoms with van der Waals surface area (Å²) < 4.78 is 0. The van der Waals surface area contributed by atoms with Crippen molar-refractivity contribution in [3.63, 3.8) is 0 Å². The lowest BCUT2D eigenvalue weighted by Crippen LogP contribution is -2.35. The molecule has 0 bridgehead atoms. The number of hydrogen-bond donors (Lipinski definition) is 2. The first-order valence-corrected chi connectivity index (χ1v) is 7.45. The molecule has 1 amide bonds. The molecule has 2 aliphatic rings. The van der Waals surface area contributed by atoms with Gasteiger partial charge >= 0.3 is 5.97 Å². The lowest BCUT2D eigenvalue weighted by Gasteiger charge is -2.19. The number of nitrogens with one attached hydrogen (secondary N) is 1. The third-order valence-electron chi connectivity index (χ3n) is 4.45. The van der Waals surface area contributed by atoms with Gasteiger partial charge in [-0.05, 0) is 49.4 Å². The van der Waals surface area contributed by atoms with Crippen LogP contribution in [-0.4, -0.2) is 23.5 Å². The van der Waals surface area contributed by atoms with Gasteiger partial charge in [0.1, 0.15) is 0 Å². The molecule has 2 N–H and O–H groups in total. The quantitative estimate of drug-likeness (QED) is 0.743. The fraction of sp³-hybridized carbons (Fsp3) is 0.867. The molecule has 0 saturated heterocycles. The van der Waals surface area contributed by atoms with Crippen LogP contribution in [-0.2, 0) is 9.59 Å². The Labute approximate surface area is 115 Å². The molecule has 0 aromatic heterocycles. The van der Waals surface area contributed by atoms with Gasteiger partial charge in [0.15, 0.2) is 0 Å². The summed E-state index contributed by atoms with van der Waals surface area (Å²) in [7, 11) is 0. The van der Waals surface area contributed by atoms with E-state index in [1.165, 1.54) is 6.42 Å². The van der Waals surface area contributed by atoms with Crippen LogP contribution in [0.2, 0.25) is 0 Å². The molecule has 4 nitrogen and oxygen atoms in total. The molecule has 2 aliphatic carbocycles. The maximum atomic E-state index is 12.0. The molecule has 0 aromatic rings. The lowest BCUT2D eigenvalue weighted by molar-refractivity contribution is -0.138. The van der Waals surface area contributed by atoms with E-state index >= 15 is 0 Å². The molecule has 2 rings (SSSR count). The fourth-order valence-corrected chi connectivity index (χ4v) is 3.47. The number of carboxylic acids is 1. The number of aliphatic carboxylic acids is 1. The highest BCUT2D eigenvalue weighted by Gasteiger charge is 2.47. The molecular weight excluding hydrogens is 242 g/mol. The molecule has 2 saturated carbocycles. The van der Waals surface area contributed by atoms with Crippen molar-refractivity contribution in [3.8, 4) is 0 Å². The number of carbonyl (C=O) groups excluding carboxylic acids is 1. The molecule has 4 heteroatoms. The number of fused-ring (bicyclic) bond motifs is 1. The van der Waals surface area contributed by atoms with Crippen LogP contribution >= 0.6 is 0 Å². The van der Waals surface area contributed by atoms with E-state index in [0.717, 1.165) is 31.1 Å². The Morgan fingerprint density at radius 2 is 1.84 bits per heavy atom. The summed E-state index contributed by atoms with van der Waals surface area (Å²) in [6.07, 6.45) is 4.41. The second kappa shape index (κ2) is 5.93. The van der Waals surface area contributed by atoms with Gasteiger partial charge in [0, 0.05) is 18.9 Å². The highest BCUT2D eigenvalue weighted by atomic mass is 16.4. The monoisotopic (exact) mass is 267 g/mol. The van der Waals surface area contributed by atoms with Gasteiger partial charge in [-0.25, -0.2) is 0 Å². The molecule has 19 heavy (non-hydrogen) atoms. The SMILES string of the molecule is CC(C)C[C@H](CNC(=O)C1CC2CC2C1)CC(=O)O. The minimum atomic E-state index is -0.776. The van der Waals surface area contributed by atoms with E-state index in [4.69, 9.17) is 5.11 Å². The van der Waals surface area contributed by atoms with Crippen molar-refractivity contribution >= 4 is 11.9 Å². The molecule has 0 spiro atoms. The zero-order valence-corrected chi connectivity index (χ0v) is 11.9. The number of carbonyl (C=O) groups is 2. The van der Waals surface area contributed by atoms with Crippen LogP contribution in [0.5, 0.6) is 0 Å². The molecule has 2 unspecified atom stereocenters. The van der Waals surface area contributed by atoms with Gasteiger partial charge in [0.25, 0.3) is 0 Å². The van der Waals surface area contributed by atoms with Crippen molar-refractivity contribution in [2.75, 3.05) is 6.54 Å². The number of carboxylic acid groups (broad SMARTS) is 1. The first kappa shape index (κ1) is 14.4. The Bertz CT molecular complexity index is 343. The van der Waals surface area contributed by atoms with E-state index in [1.807, 2.05) is 0 Å². The van der Waals surface area contributed by atoms with E-state index in [9.17, 15) is 9.59 Å². The topological polar surface area (TPSA) is 66.4 Å². The summed E-state index contributed by atoms with van der Waals surface area (Å²) in [5.41, 5.74) is 0. The number of hydrogen-bond acceptors (Lipinski definition) is 2. The van der Waals surface area contributed by atoms with Crippen molar-refractivity contribution < 1.29 is 14.7 Å². The van der Waals surface area contributed by atoms with Crippen molar-refractivity contribution in [2.24, 2.45) is 29.6 Å². The van der Waals surface area contributed by atoms with E-state index in [0.29, 0.717) is 12.5 Å². The van der Waals surface area contributed by atoms with Crippen LogP contribution in [0.25, 0.3) is 0 Å². The maximum absolute atomic E-state index is 12.0. The van der Waals surface area contributed by atoms with E-state index in [2.05, 4.69) is 19.2 Å². The third-order valence-corrected chi connectivity index (χ3v) is 4.45. The average molecular weight is 267 g/mol. The first-order valence-electron chi connectivity index (χ1n) is 7.45. The number of amides is 1. The van der Waals surface area contributed by atoms with Gasteiger partial charge in [-0.15, -0.1) is 0 Å². The molecule has 0 aliphatic heterocycles. The van der Waals surface area contributed by atoms with Crippen LogP contribution in [0.1, 0.15) is 46.0 Å². The Kier molecular flexibility index (Phi) is 4.48. The Morgan fingerprint density at radius 1 is 1.21 bits per heavy atom. The first-order chi connectivity index (χ1) is 8.95. The predicted molar refractivity (Wildman–Crippen MR) is 72.5 cm³/mol. The molecular formula is C15H25NO3. The lowest BCUT2D eigenvalue weighted by atomic mass is 9.93. The highest BCUT2D eigenvalue weighted by Crippen LogP contribution is 2.54. The van der Waals surface area contributed by atoms with Crippen LogP contribution in [0.3, 0.4) is 0 Å². The van der Waals surface area contributed by atoms with Crippen LogP contribution < -0.4 is 5.32 Å². The largest absolute Gasteiger partial charge is 0.481 e. The van der Waals surface area contributed by atoms with Gasteiger partial charge < -0.3 is 10.4 Å². The fourth-order valence-electron chi connectivity index (χ4n) is 3.47. The second-order valence-electron chi connectivity index (χ2n) is 6.76. The minimum absolute atomic E-state index is 0.0531. The van der Waals surface area contributed by atoms with Gasteiger partial charge in [-0.3, -0.25) is 9.59 Å². The van der Waals surface area contributed by atoms with Crippen molar-refractivity contribution in [1.82, 2.24) is 5.32 Å². The molecule has 3 atom stereocenters.